The molecular weight excluding hydrogens is 370 g/mol. The number of benzene rings is 1. The van der Waals surface area contributed by atoms with E-state index < -0.39 is 5.97 Å². The Morgan fingerprint density at radius 3 is 2.82 bits per heavy atom. The number of carbonyl (C=O) groups is 1. The fraction of sp³-hybridized carbons (Fsp3) is 0.200. The molecule has 0 amide bonds. The van der Waals surface area contributed by atoms with Crippen molar-refractivity contribution in [2.24, 2.45) is 0 Å². The molecule has 1 N–H and O–H groups in total. The van der Waals surface area contributed by atoms with Crippen LogP contribution < -0.4 is 9.47 Å². The van der Waals surface area contributed by atoms with Gasteiger partial charge in [-0.25, -0.2) is 9.78 Å². The van der Waals surface area contributed by atoms with Crippen LogP contribution in [0, 0.1) is 0 Å². The maximum absolute atomic E-state index is 10.8. The van der Waals surface area contributed by atoms with Crippen LogP contribution in [0.15, 0.2) is 22.8 Å². The standard InChI is InChI=1S/C15H14BrNO4S/c1-3-21-11-7-9(6-10(16)14(11)20-2)4-5-13-17-8-12(22-13)15(18)19/h4-8H,3H2,1-2H3,(H,18,19)/b5-4+. The van der Waals surface area contributed by atoms with E-state index in [1.807, 2.05) is 25.1 Å². The van der Waals surface area contributed by atoms with Crippen LogP contribution in [-0.4, -0.2) is 29.8 Å². The number of hydrogen-bond donors (Lipinski definition) is 1. The highest BCUT2D eigenvalue weighted by Gasteiger charge is 2.10. The molecule has 116 valence electrons. The number of aromatic nitrogens is 1. The molecule has 1 aromatic heterocycles. The zero-order valence-electron chi connectivity index (χ0n) is 12.0. The van der Waals surface area contributed by atoms with Crippen LogP contribution in [-0.2, 0) is 0 Å². The first-order chi connectivity index (χ1) is 10.5. The molecule has 22 heavy (non-hydrogen) atoms. The molecule has 0 aliphatic heterocycles. The van der Waals surface area contributed by atoms with Crippen molar-refractivity contribution in [3.05, 3.63) is 38.3 Å². The topological polar surface area (TPSA) is 68.7 Å². The van der Waals surface area contributed by atoms with E-state index in [9.17, 15) is 4.79 Å². The van der Waals surface area contributed by atoms with Crippen LogP contribution in [0.2, 0.25) is 0 Å². The second-order valence-corrected chi connectivity index (χ2v) is 6.08. The number of ether oxygens (including phenoxy) is 2. The van der Waals surface area contributed by atoms with Crippen LogP contribution >= 0.6 is 27.3 Å². The number of rotatable bonds is 6. The summed E-state index contributed by atoms with van der Waals surface area (Å²) in [7, 11) is 1.58. The van der Waals surface area contributed by atoms with E-state index >= 15 is 0 Å². The molecule has 2 aromatic rings. The fourth-order valence-electron chi connectivity index (χ4n) is 1.78. The summed E-state index contributed by atoms with van der Waals surface area (Å²) < 4.78 is 11.6. The monoisotopic (exact) mass is 383 g/mol. The maximum atomic E-state index is 10.8. The predicted molar refractivity (Wildman–Crippen MR) is 89.9 cm³/mol. The largest absolute Gasteiger partial charge is 0.492 e. The number of aromatic carboxylic acids is 1. The van der Waals surface area contributed by atoms with Crippen molar-refractivity contribution >= 4 is 45.4 Å². The van der Waals surface area contributed by atoms with E-state index in [-0.39, 0.29) is 4.88 Å². The highest BCUT2D eigenvalue weighted by Crippen LogP contribution is 2.37. The third-order valence-corrected chi connectivity index (χ3v) is 4.23. The number of carboxylic acids is 1. The first kappa shape index (κ1) is 16.5. The summed E-state index contributed by atoms with van der Waals surface area (Å²) in [6, 6.07) is 3.75. The molecule has 5 nitrogen and oxygen atoms in total. The summed E-state index contributed by atoms with van der Waals surface area (Å²) in [6.45, 7) is 2.43. The van der Waals surface area contributed by atoms with Gasteiger partial charge in [0.2, 0.25) is 0 Å². The van der Waals surface area contributed by atoms with Crippen LogP contribution in [0.25, 0.3) is 12.2 Å². The summed E-state index contributed by atoms with van der Waals surface area (Å²) >= 11 is 4.57. The summed E-state index contributed by atoms with van der Waals surface area (Å²) in [5, 5.41) is 9.51. The van der Waals surface area contributed by atoms with Gasteiger partial charge >= 0.3 is 5.97 Å². The van der Waals surface area contributed by atoms with Crippen molar-refractivity contribution in [1.29, 1.82) is 0 Å². The van der Waals surface area contributed by atoms with Crippen molar-refractivity contribution < 1.29 is 19.4 Å². The molecule has 0 fully saturated rings. The fourth-order valence-corrected chi connectivity index (χ4v) is 3.06. The molecule has 0 aliphatic carbocycles. The third-order valence-electron chi connectivity index (χ3n) is 2.69. The van der Waals surface area contributed by atoms with Gasteiger partial charge < -0.3 is 14.6 Å². The molecule has 2 rings (SSSR count). The van der Waals surface area contributed by atoms with Gasteiger partial charge in [0.1, 0.15) is 9.88 Å². The van der Waals surface area contributed by atoms with E-state index in [1.54, 1.807) is 13.2 Å². The van der Waals surface area contributed by atoms with Crippen molar-refractivity contribution in [3.63, 3.8) is 0 Å². The Bertz CT molecular complexity index is 712. The Balaban J connectivity index is 2.28. The second-order valence-electron chi connectivity index (χ2n) is 4.17. The molecule has 0 saturated carbocycles. The second kappa shape index (κ2) is 7.42. The minimum atomic E-state index is -0.969. The first-order valence-corrected chi connectivity index (χ1v) is 8.03. The Kier molecular flexibility index (Phi) is 5.57. The van der Waals surface area contributed by atoms with Crippen molar-refractivity contribution in [2.45, 2.75) is 6.92 Å². The molecule has 0 radical (unpaired) electrons. The van der Waals surface area contributed by atoms with Gasteiger partial charge in [-0.15, -0.1) is 11.3 Å². The highest BCUT2D eigenvalue weighted by molar-refractivity contribution is 9.10. The number of methoxy groups -OCH3 is 1. The molecule has 0 spiro atoms. The molecule has 0 saturated heterocycles. The average Bonchev–Trinajstić information content (AvgIpc) is 2.94. The van der Waals surface area contributed by atoms with Crippen molar-refractivity contribution in [3.8, 4) is 11.5 Å². The number of nitrogens with zero attached hydrogens (tertiary/aromatic N) is 1. The molecule has 1 aromatic carbocycles. The van der Waals surface area contributed by atoms with Gasteiger partial charge in [0.25, 0.3) is 0 Å². The predicted octanol–water partition coefficient (Wildman–Crippen LogP) is 4.18. The van der Waals surface area contributed by atoms with Gasteiger partial charge in [0, 0.05) is 0 Å². The molecule has 1 heterocycles. The summed E-state index contributed by atoms with van der Waals surface area (Å²) in [4.78, 5) is 15.1. The lowest BCUT2D eigenvalue weighted by Gasteiger charge is -2.11. The smallest absolute Gasteiger partial charge is 0.347 e. The average molecular weight is 384 g/mol. The third kappa shape index (κ3) is 3.86. The number of halogens is 1. The van der Waals surface area contributed by atoms with Gasteiger partial charge in [0.15, 0.2) is 11.5 Å². The molecule has 0 bridgehead atoms. The Labute approximate surface area is 140 Å². The number of thiazole rings is 1. The molecular formula is C15H14BrNO4S. The van der Waals surface area contributed by atoms with Gasteiger partial charge in [-0.1, -0.05) is 6.08 Å². The molecule has 7 heteroatoms. The Morgan fingerprint density at radius 1 is 1.45 bits per heavy atom. The van der Waals surface area contributed by atoms with Gasteiger partial charge in [-0.3, -0.25) is 0 Å². The van der Waals surface area contributed by atoms with Gasteiger partial charge in [-0.2, -0.15) is 0 Å². The lowest BCUT2D eigenvalue weighted by atomic mass is 10.2. The minimum absolute atomic E-state index is 0.213. The molecule has 0 unspecified atom stereocenters. The van der Waals surface area contributed by atoms with Crippen LogP contribution in [0.5, 0.6) is 11.5 Å². The SMILES string of the molecule is CCOc1cc(/C=C/c2ncc(C(=O)O)s2)cc(Br)c1OC. The van der Waals surface area contributed by atoms with Crippen molar-refractivity contribution in [1.82, 2.24) is 4.98 Å². The summed E-state index contributed by atoms with van der Waals surface area (Å²) in [5.74, 6) is 0.314. The van der Waals surface area contributed by atoms with Gasteiger partial charge in [0.05, 0.1) is 24.4 Å². The highest BCUT2D eigenvalue weighted by atomic mass is 79.9. The van der Waals surface area contributed by atoms with Crippen LogP contribution in [0.4, 0.5) is 0 Å². The lowest BCUT2D eigenvalue weighted by Crippen LogP contribution is -1.96. The van der Waals surface area contributed by atoms with E-state index in [1.165, 1.54) is 6.20 Å². The number of carboxylic acid groups (broad SMARTS) is 1. The van der Waals surface area contributed by atoms with Crippen LogP contribution in [0.1, 0.15) is 27.2 Å². The molecule has 0 atom stereocenters. The zero-order valence-corrected chi connectivity index (χ0v) is 14.4. The lowest BCUT2D eigenvalue weighted by molar-refractivity contribution is 0.0702. The maximum Gasteiger partial charge on any atom is 0.347 e. The van der Waals surface area contributed by atoms with E-state index in [0.29, 0.717) is 23.1 Å². The Hall–Kier alpha value is -1.86. The van der Waals surface area contributed by atoms with Crippen molar-refractivity contribution in [2.75, 3.05) is 13.7 Å². The Morgan fingerprint density at radius 2 is 2.23 bits per heavy atom. The van der Waals surface area contributed by atoms with E-state index in [2.05, 4.69) is 20.9 Å². The van der Waals surface area contributed by atoms with Gasteiger partial charge in [-0.05, 0) is 46.6 Å². The number of hydrogen-bond acceptors (Lipinski definition) is 5. The normalized spacial score (nSPS) is 10.9. The quantitative estimate of drug-likeness (QED) is 0.809. The summed E-state index contributed by atoms with van der Waals surface area (Å²) in [6.07, 6.45) is 4.96. The first-order valence-electron chi connectivity index (χ1n) is 6.42. The minimum Gasteiger partial charge on any atom is -0.492 e. The van der Waals surface area contributed by atoms with Crippen LogP contribution in [0.3, 0.4) is 0 Å². The molecule has 0 aliphatic rings. The van der Waals surface area contributed by atoms with E-state index in [0.717, 1.165) is 21.4 Å². The van der Waals surface area contributed by atoms with E-state index in [4.69, 9.17) is 14.6 Å². The zero-order chi connectivity index (χ0) is 16.1. The summed E-state index contributed by atoms with van der Waals surface area (Å²) in [5.41, 5.74) is 0.892.